The van der Waals surface area contributed by atoms with E-state index < -0.39 is 4.92 Å². The zero-order valence-electron chi connectivity index (χ0n) is 15.0. The first kappa shape index (κ1) is 18.7. The van der Waals surface area contributed by atoms with Gasteiger partial charge in [0.25, 0.3) is 5.69 Å². The molecule has 0 radical (unpaired) electrons. The van der Waals surface area contributed by atoms with Crippen LogP contribution in [0.1, 0.15) is 11.6 Å². The molecule has 2 heterocycles. The van der Waals surface area contributed by atoms with Crippen LogP contribution >= 0.6 is 11.3 Å². The molecule has 3 aromatic rings. The summed E-state index contributed by atoms with van der Waals surface area (Å²) < 4.78 is 20.0. The van der Waals surface area contributed by atoms with Gasteiger partial charge < -0.3 is 10.1 Å². The highest BCUT2D eigenvalue weighted by atomic mass is 32.1. The zero-order chi connectivity index (χ0) is 19.5. The summed E-state index contributed by atoms with van der Waals surface area (Å²) in [5.74, 6) is -0.261. The third-order valence-electron chi connectivity index (χ3n) is 4.75. The number of rotatable bonds is 6. The summed E-state index contributed by atoms with van der Waals surface area (Å²) in [6.07, 6.45) is 0. The van der Waals surface area contributed by atoms with E-state index in [1.54, 1.807) is 18.2 Å². The lowest BCUT2D eigenvalue weighted by atomic mass is 10.0. The van der Waals surface area contributed by atoms with Crippen LogP contribution in [0.2, 0.25) is 0 Å². The van der Waals surface area contributed by atoms with Gasteiger partial charge in [-0.25, -0.2) is 9.37 Å². The fourth-order valence-electron chi connectivity index (χ4n) is 3.35. The summed E-state index contributed by atoms with van der Waals surface area (Å²) in [6.45, 7) is 3.39. The molecule has 1 fully saturated rings. The van der Waals surface area contributed by atoms with Gasteiger partial charge in [0.2, 0.25) is 0 Å². The van der Waals surface area contributed by atoms with Gasteiger partial charge in [-0.05, 0) is 23.8 Å². The number of hydrogen-bond acceptors (Lipinski definition) is 7. The standard InChI is InChI=1S/C19H19FN4O3S/c20-14-3-1-2-13(10-14)17(23-6-8-27-9-7-23)12-21-19-22-16-5-4-15(24(25)26)11-18(16)28-19/h1-5,10-11,17H,6-9,12H2,(H,21,22). The van der Waals surface area contributed by atoms with Crippen LogP contribution in [0.25, 0.3) is 10.2 Å². The minimum atomic E-state index is -0.412. The topological polar surface area (TPSA) is 80.5 Å². The number of ether oxygens (including phenoxy) is 1. The lowest BCUT2D eigenvalue weighted by molar-refractivity contribution is -0.384. The summed E-state index contributed by atoms with van der Waals surface area (Å²) in [6, 6.07) is 11.3. The van der Waals surface area contributed by atoms with Crippen LogP contribution in [-0.4, -0.2) is 47.7 Å². The molecule has 0 bridgehead atoms. The second-order valence-electron chi connectivity index (χ2n) is 6.53. The van der Waals surface area contributed by atoms with Crippen molar-refractivity contribution in [2.45, 2.75) is 6.04 Å². The second-order valence-corrected chi connectivity index (χ2v) is 7.56. The molecule has 1 atom stereocenters. The molecule has 0 amide bonds. The van der Waals surface area contributed by atoms with E-state index in [0.29, 0.717) is 30.4 Å². The molecule has 1 aliphatic rings. The number of nitrogens with one attached hydrogen (secondary N) is 1. The summed E-state index contributed by atoms with van der Waals surface area (Å²) in [7, 11) is 0. The number of nitrogens with zero attached hydrogens (tertiary/aromatic N) is 3. The number of aromatic nitrogens is 1. The fraction of sp³-hybridized carbons (Fsp3) is 0.316. The zero-order valence-corrected chi connectivity index (χ0v) is 15.8. The predicted octanol–water partition coefficient (Wildman–Crippen LogP) is 3.83. The molecule has 1 N–H and O–H groups in total. The van der Waals surface area contributed by atoms with E-state index in [1.165, 1.54) is 29.5 Å². The molecule has 0 spiro atoms. The van der Waals surface area contributed by atoms with Gasteiger partial charge in [-0.3, -0.25) is 15.0 Å². The number of fused-ring (bicyclic) bond motifs is 1. The lowest BCUT2D eigenvalue weighted by Crippen LogP contribution is -2.41. The molecule has 28 heavy (non-hydrogen) atoms. The molecule has 1 unspecified atom stereocenters. The van der Waals surface area contributed by atoms with Crippen molar-refractivity contribution in [3.63, 3.8) is 0 Å². The second kappa shape index (κ2) is 8.17. The van der Waals surface area contributed by atoms with Crippen molar-refractivity contribution in [1.29, 1.82) is 0 Å². The summed E-state index contributed by atoms with van der Waals surface area (Å²) in [5.41, 5.74) is 1.66. The molecular formula is C19H19FN4O3S. The van der Waals surface area contributed by atoms with Crippen molar-refractivity contribution in [1.82, 2.24) is 9.88 Å². The highest BCUT2D eigenvalue weighted by molar-refractivity contribution is 7.22. The van der Waals surface area contributed by atoms with E-state index >= 15 is 0 Å². The monoisotopic (exact) mass is 402 g/mol. The Labute approximate surface area is 164 Å². The van der Waals surface area contributed by atoms with Gasteiger partial charge in [0.15, 0.2) is 5.13 Å². The van der Waals surface area contributed by atoms with Gasteiger partial charge in [-0.15, -0.1) is 0 Å². The summed E-state index contributed by atoms with van der Waals surface area (Å²) >= 11 is 1.37. The number of anilines is 1. The van der Waals surface area contributed by atoms with E-state index in [9.17, 15) is 14.5 Å². The number of nitro benzene ring substituents is 1. The molecule has 1 aliphatic heterocycles. The first-order chi connectivity index (χ1) is 13.6. The van der Waals surface area contributed by atoms with Crippen LogP contribution in [0.15, 0.2) is 42.5 Å². The Morgan fingerprint density at radius 1 is 1.29 bits per heavy atom. The van der Waals surface area contributed by atoms with Crippen molar-refractivity contribution in [3.8, 4) is 0 Å². The lowest BCUT2D eigenvalue weighted by Gasteiger charge is -2.34. The Morgan fingerprint density at radius 3 is 2.86 bits per heavy atom. The third kappa shape index (κ3) is 4.11. The van der Waals surface area contributed by atoms with Gasteiger partial charge in [0.05, 0.1) is 34.4 Å². The largest absolute Gasteiger partial charge is 0.379 e. The molecule has 0 saturated carbocycles. The molecule has 2 aromatic carbocycles. The fourth-order valence-corrected chi connectivity index (χ4v) is 4.25. The summed E-state index contributed by atoms with van der Waals surface area (Å²) in [4.78, 5) is 17.3. The summed E-state index contributed by atoms with van der Waals surface area (Å²) in [5, 5.41) is 15.0. The maximum atomic E-state index is 13.8. The number of nitro groups is 1. The van der Waals surface area contributed by atoms with E-state index in [1.807, 2.05) is 6.07 Å². The highest BCUT2D eigenvalue weighted by Crippen LogP contribution is 2.30. The van der Waals surface area contributed by atoms with Crippen molar-refractivity contribution in [2.24, 2.45) is 0 Å². The van der Waals surface area contributed by atoms with E-state index in [4.69, 9.17) is 4.74 Å². The molecule has 9 heteroatoms. The quantitative estimate of drug-likeness (QED) is 0.499. The number of hydrogen-bond donors (Lipinski definition) is 1. The highest BCUT2D eigenvalue weighted by Gasteiger charge is 2.23. The van der Waals surface area contributed by atoms with E-state index in [0.717, 1.165) is 23.4 Å². The number of thiazole rings is 1. The van der Waals surface area contributed by atoms with Crippen LogP contribution in [-0.2, 0) is 4.74 Å². The molecule has 1 saturated heterocycles. The van der Waals surface area contributed by atoms with Gasteiger partial charge in [-0.1, -0.05) is 23.5 Å². The van der Waals surface area contributed by atoms with Crippen molar-refractivity contribution in [2.75, 3.05) is 38.2 Å². The Balaban J connectivity index is 1.55. The molecule has 146 valence electrons. The average Bonchev–Trinajstić information content (AvgIpc) is 3.11. The van der Waals surface area contributed by atoms with Crippen molar-refractivity contribution in [3.05, 3.63) is 64.0 Å². The van der Waals surface area contributed by atoms with Gasteiger partial charge in [0.1, 0.15) is 5.82 Å². The maximum Gasteiger partial charge on any atom is 0.270 e. The Kier molecular flexibility index (Phi) is 5.47. The Morgan fingerprint density at radius 2 is 2.11 bits per heavy atom. The van der Waals surface area contributed by atoms with Gasteiger partial charge in [0, 0.05) is 31.8 Å². The molecule has 4 rings (SSSR count). The first-order valence-corrected chi connectivity index (χ1v) is 9.78. The SMILES string of the molecule is O=[N+]([O-])c1ccc2nc(NCC(c3cccc(F)c3)N3CCOCC3)sc2c1. The predicted molar refractivity (Wildman–Crippen MR) is 106 cm³/mol. The Hall–Kier alpha value is -2.62. The minimum Gasteiger partial charge on any atom is -0.379 e. The first-order valence-electron chi connectivity index (χ1n) is 8.96. The van der Waals surface area contributed by atoms with Crippen LogP contribution in [0.3, 0.4) is 0 Å². The third-order valence-corrected chi connectivity index (χ3v) is 5.73. The number of benzene rings is 2. The van der Waals surface area contributed by atoms with E-state index in [2.05, 4.69) is 15.2 Å². The van der Waals surface area contributed by atoms with Gasteiger partial charge in [-0.2, -0.15) is 0 Å². The maximum absolute atomic E-state index is 13.8. The molecule has 7 nitrogen and oxygen atoms in total. The minimum absolute atomic E-state index is 0.0269. The normalized spacial score (nSPS) is 16.2. The van der Waals surface area contributed by atoms with Crippen LogP contribution in [0.4, 0.5) is 15.2 Å². The molecule has 1 aromatic heterocycles. The van der Waals surface area contributed by atoms with Gasteiger partial charge >= 0.3 is 0 Å². The van der Waals surface area contributed by atoms with Crippen LogP contribution in [0.5, 0.6) is 0 Å². The smallest absolute Gasteiger partial charge is 0.270 e. The Bertz CT molecular complexity index is 990. The van der Waals surface area contributed by atoms with Crippen molar-refractivity contribution < 1.29 is 14.1 Å². The van der Waals surface area contributed by atoms with Crippen LogP contribution in [0, 0.1) is 15.9 Å². The molecular weight excluding hydrogens is 383 g/mol. The average molecular weight is 402 g/mol. The number of morpholine rings is 1. The number of non-ortho nitro benzene ring substituents is 1. The van der Waals surface area contributed by atoms with Crippen LogP contribution < -0.4 is 5.32 Å². The molecule has 0 aliphatic carbocycles. The van der Waals surface area contributed by atoms with Crippen molar-refractivity contribution >= 4 is 32.4 Å². The van der Waals surface area contributed by atoms with E-state index in [-0.39, 0.29) is 17.5 Å². The number of halogens is 1.